The van der Waals surface area contributed by atoms with Crippen molar-refractivity contribution in [3.05, 3.63) is 16.8 Å². The van der Waals surface area contributed by atoms with E-state index in [2.05, 4.69) is 20.7 Å². The predicted octanol–water partition coefficient (Wildman–Crippen LogP) is 2.90. The summed E-state index contributed by atoms with van der Waals surface area (Å²) in [5, 5.41) is 15.2. The molecule has 2 aromatic rings. The average Bonchev–Trinajstić information content (AvgIpc) is 2.95. The highest BCUT2D eigenvalue weighted by atomic mass is 32.2. The van der Waals surface area contributed by atoms with E-state index in [1.807, 2.05) is 20.8 Å². The van der Waals surface area contributed by atoms with Gasteiger partial charge in [-0.2, -0.15) is 0 Å². The van der Waals surface area contributed by atoms with Gasteiger partial charge in [-0.1, -0.05) is 42.1 Å². The van der Waals surface area contributed by atoms with Crippen molar-refractivity contribution in [3.8, 4) is 0 Å². The number of nitrogens with zero attached hydrogens (tertiary/aromatic N) is 3. The molecule has 0 radical (unpaired) electrons. The van der Waals surface area contributed by atoms with Gasteiger partial charge in [-0.3, -0.25) is 4.79 Å². The largest absolute Gasteiger partial charge is 0.360 e. The average molecular weight is 312 g/mol. The van der Waals surface area contributed by atoms with Gasteiger partial charge in [0.05, 0.1) is 5.25 Å². The van der Waals surface area contributed by atoms with Crippen molar-refractivity contribution >= 4 is 34.8 Å². The van der Waals surface area contributed by atoms with Crippen LogP contribution in [0.15, 0.2) is 14.9 Å². The Morgan fingerprint density at radius 3 is 2.65 bits per heavy atom. The summed E-state index contributed by atoms with van der Waals surface area (Å²) >= 11 is 2.91. The second kappa shape index (κ2) is 6.36. The maximum atomic E-state index is 12.3. The van der Waals surface area contributed by atoms with Crippen LogP contribution in [0.1, 0.15) is 24.6 Å². The lowest BCUT2D eigenvalue weighted by molar-refractivity contribution is -0.116. The molecule has 2 heterocycles. The van der Waals surface area contributed by atoms with Crippen LogP contribution in [0.3, 0.4) is 0 Å². The van der Waals surface area contributed by atoms with E-state index < -0.39 is 0 Å². The fourth-order valence-electron chi connectivity index (χ4n) is 1.55. The minimum atomic E-state index is -0.251. The Labute approximate surface area is 125 Å². The first-order valence-electron chi connectivity index (χ1n) is 6.16. The van der Waals surface area contributed by atoms with Crippen LogP contribution in [0.25, 0.3) is 0 Å². The topological polar surface area (TPSA) is 80.9 Å². The van der Waals surface area contributed by atoms with E-state index in [1.165, 1.54) is 23.1 Å². The van der Waals surface area contributed by atoms with Crippen LogP contribution in [0, 0.1) is 19.8 Å². The molecular weight excluding hydrogens is 296 g/mol. The van der Waals surface area contributed by atoms with Crippen LogP contribution < -0.4 is 5.32 Å². The first-order valence-corrected chi connectivity index (χ1v) is 7.86. The molecule has 0 aliphatic heterocycles. The summed E-state index contributed by atoms with van der Waals surface area (Å²) in [6, 6.07) is 1.69. The number of aromatic nitrogens is 3. The number of thioether (sulfide) groups is 1. The molecule has 0 aliphatic carbocycles. The quantitative estimate of drug-likeness (QED) is 0.855. The summed E-state index contributed by atoms with van der Waals surface area (Å²) in [6.07, 6.45) is 0. The third kappa shape index (κ3) is 3.80. The van der Waals surface area contributed by atoms with Crippen molar-refractivity contribution in [3.63, 3.8) is 0 Å². The summed E-state index contributed by atoms with van der Waals surface area (Å²) in [5.74, 6) is 1.16. The second-order valence-corrected chi connectivity index (χ2v) is 7.25. The van der Waals surface area contributed by atoms with Crippen molar-refractivity contribution in [2.75, 3.05) is 5.32 Å². The molecule has 108 valence electrons. The Morgan fingerprint density at radius 1 is 1.40 bits per heavy atom. The van der Waals surface area contributed by atoms with Crippen LogP contribution in [0.2, 0.25) is 0 Å². The predicted molar refractivity (Wildman–Crippen MR) is 79.0 cm³/mol. The number of nitrogens with one attached hydrogen (secondary N) is 1. The zero-order chi connectivity index (χ0) is 14.7. The molecule has 0 saturated heterocycles. The Balaban J connectivity index is 2.06. The number of amides is 1. The first-order chi connectivity index (χ1) is 9.45. The Hall–Kier alpha value is -1.41. The van der Waals surface area contributed by atoms with Crippen molar-refractivity contribution in [2.45, 2.75) is 37.3 Å². The summed E-state index contributed by atoms with van der Waals surface area (Å²) < 4.78 is 5.73. The maximum absolute atomic E-state index is 12.3. The molecule has 2 aromatic heterocycles. The number of carbonyl (C=O) groups excluding carboxylic acids is 1. The lowest BCUT2D eigenvalue weighted by Crippen LogP contribution is -2.29. The third-order valence-electron chi connectivity index (χ3n) is 2.48. The molecule has 0 saturated carbocycles. The number of aryl methyl sites for hydroxylation is 2. The highest BCUT2D eigenvalue weighted by molar-refractivity contribution is 8.02. The van der Waals surface area contributed by atoms with Crippen LogP contribution in [0.4, 0.5) is 5.82 Å². The Kier molecular flexibility index (Phi) is 4.77. The minimum absolute atomic E-state index is 0.105. The van der Waals surface area contributed by atoms with Gasteiger partial charge in [0.15, 0.2) is 10.2 Å². The molecule has 1 amide bonds. The fraction of sp³-hybridized carbons (Fsp3) is 0.500. The zero-order valence-electron chi connectivity index (χ0n) is 11.7. The van der Waals surface area contributed by atoms with Crippen LogP contribution in [-0.2, 0) is 4.79 Å². The molecular formula is C12H16N4O2S2. The van der Waals surface area contributed by atoms with E-state index in [9.17, 15) is 4.79 Å². The first kappa shape index (κ1) is 15.0. The number of carbonyl (C=O) groups is 1. The summed E-state index contributed by atoms with van der Waals surface area (Å²) in [7, 11) is 0. The van der Waals surface area contributed by atoms with Crippen LogP contribution in [0.5, 0.6) is 0 Å². The van der Waals surface area contributed by atoms with Crippen molar-refractivity contribution in [2.24, 2.45) is 5.92 Å². The smallest absolute Gasteiger partial charge is 0.239 e. The molecule has 1 atom stereocenters. The monoisotopic (exact) mass is 312 g/mol. The van der Waals surface area contributed by atoms with E-state index in [1.54, 1.807) is 13.0 Å². The van der Waals surface area contributed by atoms with Crippen molar-refractivity contribution < 1.29 is 9.32 Å². The molecule has 0 unspecified atom stereocenters. The lowest BCUT2D eigenvalue weighted by atomic mass is 10.1. The van der Waals surface area contributed by atoms with Crippen molar-refractivity contribution in [1.29, 1.82) is 0 Å². The van der Waals surface area contributed by atoms with Crippen LogP contribution in [-0.4, -0.2) is 26.5 Å². The van der Waals surface area contributed by atoms with E-state index >= 15 is 0 Å². The van der Waals surface area contributed by atoms with E-state index in [0.717, 1.165) is 9.35 Å². The molecule has 2 rings (SSSR count). The number of rotatable bonds is 5. The third-order valence-corrected chi connectivity index (χ3v) is 4.95. The van der Waals surface area contributed by atoms with Gasteiger partial charge in [0.25, 0.3) is 0 Å². The van der Waals surface area contributed by atoms with E-state index in [0.29, 0.717) is 11.6 Å². The molecule has 6 nitrogen and oxygen atoms in total. The SMILES string of the molecule is Cc1cc(NC(=O)[C@@H](Sc2nnc(C)s2)C(C)C)no1. The Bertz CT molecular complexity index is 594. The molecule has 8 heteroatoms. The van der Waals surface area contributed by atoms with E-state index in [-0.39, 0.29) is 17.1 Å². The highest BCUT2D eigenvalue weighted by Crippen LogP contribution is 2.31. The zero-order valence-corrected chi connectivity index (χ0v) is 13.3. The van der Waals surface area contributed by atoms with Gasteiger partial charge in [0.2, 0.25) is 5.91 Å². The molecule has 1 N–H and O–H groups in total. The standard InChI is InChI=1S/C12H16N4O2S2/c1-6(2)10(20-12-15-14-8(4)19-12)11(17)13-9-5-7(3)18-16-9/h5-6,10H,1-4H3,(H,13,16,17)/t10-/m0/s1. The molecule has 0 spiro atoms. The van der Waals surface area contributed by atoms with Gasteiger partial charge >= 0.3 is 0 Å². The molecule has 0 fully saturated rings. The normalized spacial score (nSPS) is 12.7. The van der Waals surface area contributed by atoms with Gasteiger partial charge in [-0.15, -0.1) is 10.2 Å². The number of hydrogen-bond acceptors (Lipinski definition) is 7. The lowest BCUT2D eigenvalue weighted by Gasteiger charge is -2.17. The number of hydrogen-bond donors (Lipinski definition) is 1. The summed E-state index contributed by atoms with van der Waals surface area (Å²) in [6.45, 7) is 7.67. The molecule has 0 bridgehead atoms. The van der Waals surface area contributed by atoms with Gasteiger partial charge in [0.1, 0.15) is 10.8 Å². The van der Waals surface area contributed by atoms with Gasteiger partial charge in [-0.05, 0) is 19.8 Å². The maximum Gasteiger partial charge on any atom is 0.239 e. The summed E-state index contributed by atoms with van der Waals surface area (Å²) in [5.41, 5.74) is 0. The summed E-state index contributed by atoms with van der Waals surface area (Å²) in [4.78, 5) is 12.3. The van der Waals surface area contributed by atoms with E-state index in [4.69, 9.17) is 4.52 Å². The Morgan fingerprint density at radius 2 is 2.15 bits per heavy atom. The van der Waals surface area contributed by atoms with Gasteiger partial charge < -0.3 is 9.84 Å². The minimum Gasteiger partial charge on any atom is -0.360 e. The van der Waals surface area contributed by atoms with Gasteiger partial charge in [0, 0.05) is 6.07 Å². The van der Waals surface area contributed by atoms with Gasteiger partial charge in [-0.25, -0.2) is 0 Å². The second-order valence-electron chi connectivity index (χ2n) is 4.68. The molecule has 20 heavy (non-hydrogen) atoms. The number of anilines is 1. The van der Waals surface area contributed by atoms with Crippen molar-refractivity contribution in [1.82, 2.24) is 15.4 Å². The fourth-order valence-corrected chi connectivity index (χ4v) is 3.57. The molecule has 0 aliphatic rings. The highest BCUT2D eigenvalue weighted by Gasteiger charge is 2.25. The van der Waals surface area contributed by atoms with Crippen LogP contribution >= 0.6 is 23.1 Å². The molecule has 0 aromatic carbocycles.